The van der Waals surface area contributed by atoms with Gasteiger partial charge in [-0.25, -0.2) is 8.42 Å². The summed E-state index contributed by atoms with van der Waals surface area (Å²) < 4.78 is 36.6. The number of sulfone groups is 1. The number of amides is 1. The smallest absolute Gasteiger partial charge is 0.224 e. The molecule has 30 heavy (non-hydrogen) atoms. The molecular formula is C21H21NO5S3. The third-order valence-corrected chi connectivity index (χ3v) is 8.10. The lowest BCUT2D eigenvalue weighted by molar-refractivity contribution is -0.131. The molecule has 0 N–H and O–H groups in total. The van der Waals surface area contributed by atoms with Gasteiger partial charge in [0.25, 0.3) is 0 Å². The molecule has 0 radical (unpaired) electrons. The molecule has 0 saturated carbocycles. The molecule has 4 rings (SSSR count). The van der Waals surface area contributed by atoms with Crippen LogP contribution in [-0.4, -0.2) is 38.2 Å². The first-order valence-corrected chi connectivity index (χ1v) is 12.9. The van der Waals surface area contributed by atoms with Crippen LogP contribution in [0, 0.1) is 0 Å². The van der Waals surface area contributed by atoms with Crippen molar-refractivity contribution in [1.82, 2.24) is 4.90 Å². The van der Waals surface area contributed by atoms with E-state index in [1.54, 1.807) is 33.6 Å². The van der Waals surface area contributed by atoms with Crippen molar-refractivity contribution in [2.45, 2.75) is 24.4 Å². The van der Waals surface area contributed by atoms with Gasteiger partial charge >= 0.3 is 0 Å². The van der Waals surface area contributed by atoms with Crippen LogP contribution >= 0.6 is 22.7 Å². The van der Waals surface area contributed by atoms with Crippen molar-refractivity contribution in [2.75, 3.05) is 19.0 Å². The minimum Gasteiger partial charge on any atom is -0.486 e. The highest BCUT2D eigenvalue weighted by atomic mass is 32.2. The lowest BCUT2D eigenvalue weighted by Gasteiger charge is -2.22. The molecule has 0 bridgehead atoms. The van der Waals surface area contributed by atoms with Gasteiger partial charge in [-0.3, -0.25) is 4.79 Å². The molecule has 0 spiro atoms. The highest BCUT2D eigenvalue weighted by Crippen LogP contribution is 2.32. The molecule has 0 atom stereocenters. The third-order valence-electron chi connectivity index (χ3n) is 4.66. The number of ether oxygens (including phenoxy) is 2. The number of benzene rings is 1. The lowest BCUT2D eigenvalue weighted by Crippen LogP contribution is -2.31. The molecule has 0 unspecified atom stereocenters. The van der Waals surface area contributed by atoms with Gasteiger partial charge in [0.15, 0.2) is 21.3 Å². The van der Waals surface area contributed by atoms with Crippen molar-refractivity contribution in [3.8, 4) is 11.5 Å². The maximum atomic E-state index is 12.9. The van der Waals surface area contributed by atoms with Crippen molar-refractivity contribution in [3.63, 3.8) is 0 Å². The average molecular weight is 464 g/mol. The Kier molecular flexibility index (Phi) is 6.40. The number of fused-ring (bicyclic) bond motifs is 1. The Morgan fingerprint density at radius 2 is 1.57 bits per heavy atom. The van der Waals surface area contributed by atoms with Crippen LogP contribution in [0.3, 0.4) is 0 Å². The quantitative estimate of drug-likeness (QED) is 0.505. The van der Waals surface area contributed by atoms with Gasteiger partial charge in [0.05, 0.1) is 23.7 Å². The van der Waals surface area contributed by atoms with E-state index in [9.17, 15) is 13.2 Å². The normalized spacial score (nSPS) is 13.2. The zero-order chi connectivity index (χ0) is 21.0. The molecule has 3 aromatic rings. The van der Waals surface area contributed by atoms with E-state index in [2.05, 4.69) is 0 Å². The van der Waals surface area contributed by atoms with Gasteiger partial charge in [0, 0.05) is 22.2 Å². The summed E-state index contributed by atoms with van der Waals surface area (Å²) in [6, 6.07) is 12.4. The van der Waals surface area contributed by atoms with E-state index < -0.39 is 9.84 Å². The van der Waals surface area contributed by atoms with E-state index in [1.807, 2.05) is 35.0 Å². The minimum atomic E-state index is -3.62. The van der Waals surface area contributed by atoms with Crippen molar-refractivity contribution < 1.29 is 22.7 Å². The van der Waals surface area contributed by atoms with Crippen LogP contribution in [0.1, 0.15) is 16.2 Å². The molecule has 2 aromatic heterocycles. The van der Waals surface area contributed by atoms with Gasteiger partial charge in [-0.1, -0.05) is 12.1 Å². The summed E-state index contributed by atoms with van der Waals surface area (Å²) in [6.07, 6.45) is -0.0759. The Hall–Kier alpha value is -2.36. The highest BCUT2D eigenvalue weighted by molar-refractivity contribution is 7.91. The van der Waals surface area contributed by atoms with Gasteiger partial charge in [-0.05, 0) is 35.0 Å². The second kappa shape index (κ2) is 9.20. The monoisotopic (exact) mass is 463 g/mol. The van der Waals surface area contributed by atoms with E-state index >= 15 is 0 Å². The minimum absolute atomic E-state index is 0.0759. The molecule has 1 aliphatic rings. The Morgan fingerprint density at radius 3 is 2.17 bits per heavy atom. The topological polar surface area (TPSA) is 72.9 Å². The number of rotatable bonds is 8. The second-order valence-corrected chi connectivity index (χ2v) is 11.0. The molecule has 1 aliphatic heterocycles. The van der Waals surface area contributed by atoms with Crippen LogP contribution in [0.15, 0.2) is 58.1 Å². The zero-order valence-corrected chi connectivity index (χ0v) is 18.6. The summed E-state index contributed by atoms with van der Waals surface area (Å²) in [4.78, 5) is 16.9. The fourth-order valence-electron chi connectivity index (χ4n) is 3.13. The summed E-state index contributed by atoms with van der Waals surface area (Å²) in [5, 5.41) is 3.94. The number of nitrogens with zero attached hydrogens (tertiary/aromatic N) is 1. The molecular weight excluding hydrogens is 442 g/mol. The molecule has 158 valence electrons. The van der Waals surface area contributed by atoms with E-state index in [0.29, 0.717) is 37.8 Å². The predicted molar refractivity (Wildman–Crippen MR) is 117 cm³/mol. The first kappa shape index (κ1) is 20.9. The maximum Gasteiger partial charge on any atom is 0.224 e. The van der Waals surface area contributed by atoms with Crippen molar-refractivity contribution in [1.29, 1.82) is 0 Å². The summed E-state index contributed by atoms with van der Waals surface area (Å²) >= 11 is 3.16. The Balaban J connectivity index is 1.45. The summed E-state index contributed by atoms with van der Waals surface area (Å²) in [7, 11) is -3.62. The van der Waals surface area contributed by atoms with Gasteiger partial charge in [0.2, 0.25) is 5.91 Å². The van der Waals surface area contributed by atoms with Crippen LogP contribution in [0.4, 0.5) is 0 Å². The van der Waals surface area contributed by atoms with Crippen LogP contribution in [0.5, 0.6) is 11.5 Å². The standard InChI is InChI=1S/C21H21NO5S3/c23-21(22(14-16-3-1-10-28-16)15-17-4-2-11-29-17)7-12-30(24,25)18-5-6-19-20(13-18)27-9-8-26-19/h1-6,10-11,13H,7-9,12,14-15H2. The van der Waals surface area contributed by atoms with Gasteiger partial charge in [-0.2, -0.15) is 0 Å². The number of hydrogen-bond acceptors (Lipinski definition) is 7. The molecule has 6 nitrogen and oxygen atoms in total. The highest BCUT2D eigenvalue weighted by Gasteiger charge is 2.23. The Labute approximate surface area is 183 Å². The van der Waals surface area contributed by atoms with Crippen molar-refractivity contribution in [3.05, 3.63) is 63.0 Å². The third kappa shape index (κ3) is 5.03. The molecule has 1 amide bonds. The molecule has 1 aromatic carbocycles. The van der Waals surface area contributed by atoms with Gasteiger partial charge in [-0.15, -0.1) is 22.7 Å². The SMILES string of the molecule is O=C(CCS(=O)(=O)c1ccc2c(c1)OCCO2)N(Cc1cccs1)Cc1cccs1. The molecule has 0 fully saturated rings. The van der Waals surface area contributed by atoms with Crippen molar-refractivity contribution >= 4 is 38.4 Å². The summed E-state index contributed by atoms with van der Waals surface area (Å²) in [5.41, 5.74) is 0. The fraction of sp³-hybridized carbons (Fsp3) is 0.286. The maximum absolute atomic E-state index is 12.9. The van der Waals surface area contributed by atoms with Crippen LogP contribution < -0.4 is 9.47 Å². The second-order valence-electron chi connectivity index (χ2n) is 6.78. The average Bonchev–Trinajstić information content (AvgIpc) is 3.45. The first-order chi connectivity index (χ1) is 14.5. The van der Waals surface area contributed by atoms with E-state index in [0.717, 1.165) is 9.75 Å². The summed E-state index contributed by atoms with van der Waals surface area (Å²) in [6.45, 7) is 1.77. The zero-order valence-electron chi connectivity index (χ0n) is 16.2. The van der Waals surface area contributed by atoms with Gasteiger partial charge in [0.1, 0.15) is 13.2 Å². The van der Waals surface area contributed by atoms with Crippen LogP contribution in [0.25, 0.3) is 0 Å². The lowest BCUT2D eigenvalue weighted by atomic mass is 10.3. The van der Waals surface area contributed by atoms with Crippen molar-refractivity contribution in [2.24, 2.45) is 0 Å². The molecule has 0 aliphatic carbocycles. The van der Waals surface area contributed by atoms with E-state index in [1.165, 1.54) is 12.1 Å². The van der Waals surface area contributed by atoms with Gasteiger partial charge < -0.3 is 14.4 Å². The Bertz CT molecular complexity index is 1060. The number of carbonyl (C=O) groups is 1. The van der Waals surface area contributed by atoms with E-state index in [4.69, 9.17) is 9.47 Å². The van der Waals surface area contributed by atoms with Crippen LogP contribution in [0.2, 0.25) is 0 Å². The Morgan fingerprint density at radius 1 is 0.933 bits per heavy atom. The number of carbonyl (C=O) groups excluding carboxylic acids is 1. The molecule has 0 saturated heterocycles. The van der Waals surface area contributed by atoms with E-state index in [-0.39, 0.29) is 23.0 Å². The largest absolute Gasteiger partial charge is 0.486 e. The summed E-state index contributed by atoms with van der Waals surface area (Å²) in [5.74, 6) is 0.523. The van der Waals surface area contributed by atoms with Crippen LogP contribution in [-0.2, 0) is 27.7 Å². The number of thiophene rings is 2. The molecule has 9 heteroatoms. The predicted octanol–water partition coefficient (Wildman–Crippen LogP) is 3.97. The fourth-order valence-corrected chi connectivity index (χ4v) is 5.81. The number of hydrogen-bond donors (Lipinski definition) is 0. The molecule has 3 heterocycles. The first-order valence-electron chi connectivity index (χ1n) is 9.46.